The normalized spacial score (nSPS) is 19.3. The minimum atomic E-state index is -0.179. The molecule has 1 aromatic rings. The average molecular weight is 355 g/mol. The molecule has 7 heteroatoms. The lowest BCUT2D eigenvalue weighted by molar-refractivity contribution is -0.122. The summed E-state index contributed by atoms with van der Waals surface area (Å²) in [6.45, 7) is 0.451. The Morgan fingerprint density at radius 3 is 2.67 bits per heavy atom. The van der Waals surface area contributed by atoms with E-state index in [4.69, 9.17) is 5.73 Å². The van der Waals surface area contributed by atoms with E-state index in [-0.39, 0.29) is 30.4 Å². The molecule has 2 atom stereocenters. The van der Waals surface area contributed by atoms with Gasteiger partial charge in [-0.15, -0.1) is 12.4 Å². The summed E-state index contributed by atoms with van der Waals surface area (Å²) in [6.07, 6.45) is 3.68. The molecule has 4 N–H and O–H groups in total. The number of nitrogens with zero attached hydrogens (tertiary/aromatic N) is 1. The van der Waals surface area contributed by atoms with Gasteiger partial charge in [0.15, 0.2) is 0 Å². The van der Waals surface area contributed by atoms with Crippen molar-refractivity contribution in [1.29, 1.82) is 0 Å². The Hall–Kier alpha value is -1.79. The molecule has 134 valence electrons. The smallest absolute Gasteiger partial charge is 0.321 e. The van der Waals surface area contributed by atoms with Gasteiger partial charge in [-0.3, -0.25) is 4.79 Å². The predicted octanol–water partition coefficient (Wildman–Crippen LogP) is 2.34. The molecule has 1 aromatic carbocycles. The highest BCUT2D eigenvalue weighted by Gasteiger charge is 2.25. The quantitative estimate of drug-likeness (QED) is 0.758. The molecule has 0 saturated heterocycles. The molecular weight excluding hydrogens is 328 g/mol. The lowest BCUT2D eigenvalue weighted by Gasteiger charge is -2.15. The molecule has 1 aliphatic carbocycles. The zero-order chi connectivity index (χ0) is 16.8. The first-order chi connectivity index (χ1) is 11.0. The molecule has 2 rings (SSSR count). The van der Waals surface area contributed by atoms with E-state index in [0.717, 1.165) is 24.8 Å². The van der Waals surface area contributed by atoms with Gasteiger partial charge >= 0.3 is 6.03 Å². The van der Waals surface area contributed by atoms with Crippen molar-refractivity contribution < 1.29 is 9.59 Å². The van der Waals surface area contributed by atoms with Crippen LogP contribution >= 0.6 is 12.4 Å². The first-order valence-corrected chi connectivity index (χ1v) is 8.05. The van der Waals surface area contributed by atoms with Crippen LogP contribution < -0.4 is 16.4 Å². The molecular formula is C17H27ClN4O2. The average Bonchev–Trinajstić information content (AvgIpc) is 2.90. The third-order valence-corrected chi connectivity index (χ3v) is 4.24. The molecule has 0 aliphatic heterocycles. The zero-order valence-corrected chi connectivity index (χ0v) is 15.1. The largest absolute Gasteiger partial charge is 0.352 e. The van der Waals surface area contributed by atoms with Crippen molar-refractivity contribution in [2.75, 3.05) is 19.4 Å². The molecule has 1 aliphatic rings. The van der Waals surface area contributed by atoms with E-state index in [1.165, 1.54) is 4.90 Å². The van der Waals surface area contributed by atoms with E-state index < -0.39 is 0 Å². The van der Waals surface area contributed by atoms with Gasteiger partial charge in [-0.1, -0.05) is 18.6 Å². The summed E-state index contributed by atoms with van der Waals surface area (Å²) in [7, 11) is 3.38. The second-order valence-electron chi connectivity index (χ2n) is 6.36. The van der Waals surface area contributed by atoms with Gasteiger partial charge in [-0.25, -0.2) is 4.79 Å². The topological polar surface area (TPSA) is 87.5 Å². The predicted molar refractivity (Wildman–Crippen MR) is 98.2 cm³/mol. The second kappa shape index (κ2) is 9.49. The van der Waals surface area contributed by atoms with Crippen LogP contribution in [0.15, 0.2) is 24.3 Å². The minimum absolute atomic E-state index is 0. The van der Waals surface area contributed by atoms with Crippen molar-refractivity contribution in [2.45, 2.75) is 38.3 Å². The van der Waals surface area contributed by atoms with Crippen LogP contribution in [0.3, 0.4) is 0 Å². The van der Waals surface area contributed by atoms with E-state index in [9.17, 15) is 9.59 Å². The number of carbonyl (C=O) groups is 2. The second-order valence-corrected chi connectivity index (χ2v) is 6.36. The highest BCUT2D eigenvalue weighted by Crippen LogP contribution is 2.26. The monoisotopic (exact) mass is 354 g/mol. The summed E-state index contributed by atoms with van der Waals surface area (Å²) in [4.78, 5) is 25.1. The lowest BCUT2D eigenvalue weighted by Crippen LogP contribution is -2.31. The fourth-order valence-corrected chi connectivity index (χ4v) is 2.82. The van der Waals surface area contributed by atoms with Gasteiger partial charge in [-0.2, -0.15) is 0 Å². The van der Waals surface area contributed by atoms with Crippen LogP contribution in [0.2, 0.25) is 0 Å². The molecule has 1 fully saturated rings. The Kier molecular flexibility index (Phi) is 8.01. The van der Waals surface area contributed by atoms with Crippen LogP contribution in [0.5, 0.6) is 0 Å². The maximum atomic E-state index is 12.0. The number of hydrogen-bond donors (Lipinski definition) is 3. The van der Waals surface area contributed by atoms with Gasteiger partial charge in [0.1, 0.15) is 0 Å². The third kappa shape index (κ3) is 6.02. The van der Waals surface area contributed by atoms with Crippen LogP contribution in [0, 0.1) is 5.92 Å². The number of hydrogen-bond acceptors (Lipinski definition) is 3. The summed E-state index contributed by atoms with van der Waals surface area (Å²) in [5.41, 5.74) is 7.67. The Balaban J connectivity index is 0.00000288. The molecule has 0 bridgehead atoms. The van der Waals surface area contributed by atoms with E-state index in [0.29, 0.717) is 24.6 Å². The van der Waals surface area contributed by atoms with Crippen LogP contribution in [0.1, 0.15) is 31.2 Å². The first-order valence-electron chi connectivity index (χ1n) is 8.05. The SMILES string of the molecule is CN(C)C(=O)Nc1cccc(CNC(=O)C[C@@H]2CCC[C@H]2N)c1.Cl. The molecule has 24 heavy (non-hydrogen) atoms. The maximum Gasteiger partial charge on any atom is 0.321 e. The number of halogens is 1. The van der Waals surface area contributed by atoms with Crippen molar-refractivity contribution in [3.63, 3.8) is 0 Å². The van der Waals surface area contributed by atoms with Gasteiger partial charge < -0.3 is 21.3 Å². The fourth-order valence-electron chi connectivity index (χ4n) is 2.82. The van der Waals surface area contributed by atoms with Crippen molar-refractivity contribution in [2.24, 2.45) is 11.7 Å². The minimum Gasteiger partial charge on any atom is -0.352 e. The van der Waals surface area contributed by atoms with Gasteiger partial charge in [-0.05, 0) is 36.5 Å². The van der Waals surface area contributed by atoms with E-state index in [2.05, 4.69) is 10.6 Å². The Bertz CT molecular complexity index is 565. The van der Waals surface area contributed by atoms with Gasteiger partial charge in [0.2, 0.25) is 5.91 Å². The molecule has 3 amide bonds. The molecule has 0 unspecified atom stereocenters. The molecule has 0 spiro atoms. The van der Waals surface area contributed by atoms with Crippen LogP contribution in [0.25, 0.3) is 0 Å². The first kappa shape index (κ1) is 20.3. The number of nitrogens with one attached hydrogen (secondary N) is 2. The Morgan fingerprint density at radius 1 is 1.29 bits per heavy atom. The number of anilines is 1. The van der Waals surface area contributed by atoms with Crippen molar-refractivity contribution in [1.82, 2.24) is 10.2 Å². The standard InChI is InChI=1S/C17H26N4O2.ClH/c1-21(2)17(23)20-14-7-3-5-12(9-14)11-19-16(22)10-13-6-4-8-15(13)18;/h3,5,7,9,13,15H,4,6,8,10-11,18H2,1-2H3,(H,19,22)(H,20,23);1H/t13-,15+;/m0./s1. The Morgan fingerprint density at radius 2 is 2.04 bits per heavy atom. The number of amides is 3. The van der Waals surface area contributed by atoms with E-state index >= 15 is 0 Å². The summed E-state index contributed by atoms with van der Waals surface area (Å²) >= 11 is 0. The summed E-state index contributed by atoms with van der Waals surface area (Å²) in [5.74, 6) is 0.343. The number of carbonyl (C=O) groups excluding carboxylic acids is 2. The molecule has 0 heterocycles. The van der Waals surface area contributed by atoms with Crippen LogP contribution in [-0.2, 0) is 11.3 Å². The highest BCUT2D eigenvalue weighted by atomic mass is 35.5. The summed E-state index contributed by atoms with van der Waals surface area (Å²) < 4.78 is 0. The van der Waals surface area contributed by atoms with Gasteiger partial charge in [0.05, 0.1) is 0 Å². The third-order valence-electron chi connectivity index (χ3n) is 4.24. The number of nitrogens with two attached hydrogens (primary N) is 1. The van der Waals surface area contributed by atoms with Crippen molar-refractivity contribution in [3.05, 3.63) is 29.8 Å². The lowest BCUT2D eigenvalue weighted by atomic mass is 10.00. The molecule has 0 radical (unpaired) electrons. The van der Waals surface area contributed by atoms with Crippen molar-refractivity contribution >= 4 is 30.0 Å². The zero-order valence-electron chi connectivity index (χ0n) is 14.2. The van der Waals surface area contributed by atoms with E-state index in [1.54, 1.807) is 14.1 Å². The summed E-state index contributed by atoms with van der Waals surface area (Å²) in [5, 5.41) is 5.72. The van der Waals surface area contributed by atoms with Crippen LogP contribution in [-0.4, -0.2) is 37.0 Å². The maximum absolute atomic E-state index is 12.0. The Labute approximate surface area is 149 Å². The molecule has 0 aromatic heterocycles. The fraction of sp³-hybridized carbons (Fsp3) is 0.529. The number of urea groups is 1. The number of rotatable bonds is 5. The molecule has 1 saturated carbocycles. The van der Waals surface area contributed by atoms with Crippen LogP contribution in [0.4, 0.5) is 10.5 Å². The highest BCUT2D eigenvalue weighted by molar-refractivity contribution is 5.89. The molecule has 6 nitrogen and oxygen atoms in total. The number of benzene rings is 1. The van der Waals surface area contributed by atoms with Crippen molar-refractivity contribution in [3.8, 4) is 0 Å². The van der Waals surface area contributed by atoms with Gasteiger partial charge in [0, 0.05) is 38.8 Å². The summed E-state index contributed by atoms with van der Waals surface area (Å²) in [6, 6.07) is 7.45. The van der Waals surface area contributed by atoms with E-state index in [1.807, 2.05) is 24.3 Å². The van der Waals surface area contributed by atoms with Gasteiger partial charge in [0.25, 0.3) is 0 Å².